The fraction of sp³-hybridized carbons (Fsp3) is 0.400. The van der Waals surface area contributed by atoms with E-state index in [0.29, 0.717) is 6.04 Å². The third-order valence-corrected chi connectivity index (χ3v) is 3.85. The summed E-state index contributed by atoms with van der Waals surface area (Å²) in [5.41, 5.74) is 7.98. The molecule has 0 aliphatic heterocycles. The summed E-state index contributed by atoms with van der Waals surface area (Å²) in [6.45, 7) is 2.02. The van der Waals surface area contributed by atoms with Crippen molar-refractivity contribution < 1.29 is 0 Å². The summed E-state index contributed by atoms with van der Waals surface area (Å²) < 4.78 is 2.14. The van der Waals surface area contributed by atoms with Gasteiger partial charge in [-0.1, -0.05) is 0 Å². The second-order valence-electron chi connectivity index (χ2n) is 3.95. The Morgan fingerprint density at radius 2 is 2.33 bits per heavy atom. The number of anilines is 1. The van der Waals surface area contributed by atoms with E-state index in [-0.39, 0.29) is 0 Å². The molecule has 1 saturated carbocycles. The SMILES string of the molecule is Cc1csc(-c2nncn2C2CC2)c1N. The standard InChI is InChI=1S/C10H12N4S/c1-6-4-15-9(8(6)11)10-13-12-5-14(10)7-2-3-7/h4-5,7H,2-3,11H2,1H3. The van der Waals surface area contributed by atoms with Gasteiger partial charge in [-0.05, 0) is 30.7 Å². The molecule has 1 aliphatic rings. The summed E-state index contributed by atoms with van der Waals surface area (Å²) >= 11 is 1.64. The summed E-state index contributed by atoms with van der Waals surface area (Å²) in [7, 11) is 0. The maximum atomic E-state index is 6.01. The van der Waals surface area contributed by atoms with Gasteiger partial charge in [0.15, 0.2) is 5.82 Å². The number of thiophene rings is 1. The van der Waals surface area contributed by atoms with Crippen molar-refractivity contribution in [3.8, 4) is 10.7 Å². The van der Waals surface area contributed by atoms with Gasteiger partial charge in [-0.15, -0.1) is 21.5 Å². The van der Waals surface area contributed by atoms with Crippen molar-refractivity contribution in [1.29, 1.82) is 0 Å². The lowest BCUT2D eigenvalue weighted by molar-refractivity contribution is 0.747. The van der Waals surface area contributed by atoms with Crippen molar-refractivity contribution >= 4 is 17.0 Å². The van der Waals surface area contributed by atoms with Crippen LogP contribution in [0.5, 0.6) is 0 Å². The Balaban J connectivity index is 2.11. The number of nitrogens with zero attached hydrogens (tertiary/aromatic N) is 3. The van der Waals surface area contributed by atoms with Crippen LogP contribution in [0.1, 0.15) is 24.4 Å². The van der Waals surface area contributed by atoms with Gasteiger partial charge in [0.1, 0.15) is 6.33 Å². The molecule has 0 radical (unpaired) electrons. The number of hydrogen-bond acceptors (Lipinski definition) is 4. The maximum Gasteiger partial charge on any atom is 0.176 e. The van der Waals surface area contributed by atoms with E-state index in [1.54, 1.807) is 11.3 Å². The second kappa shape index (κ2) is 3.06. The molecule has 2 aromatic heterocycles. The number of aryl methyl sites for hydroxylation is 1. The van der Waals surface area contributed by atoms with Crippen molar-refractivity contribution in [2.24, 2.45) is 0 Å². The fourth-order valence-electron chi connectivity index (χ4n) is 1.65. The molecule has 2 aromatic rings. The molecule has 0 spiro atoms. The third kappa shape index (κ3) is 1.34. The van der Waals surface area contributed by atoms with E-state index in [1.165, 1.54) is 12.8 Å². The zero-order valence-electron chi connectivity index (χ0n) is 8.47. The molecule has 2 heterocycles. The molecule has 0 aromatic carbocycles. The van der Waals surface area contributed by atoms with Crippen molar-refractivity contribution in [3.05, 3.63) is 17.3 Å². The molecule has 1 aliphatic carbocycles. The lowest BCUT2D eigenvalue weighted by atomic mass is 10.3. The van der Waals surface area contributed by atoms with Gasteiger partial charge in [0.2, 0.25) is 0 Å². The summed E-state index contributed by atoms with van der Waals surface area (Å²) in [6.07, 6.45) is 4.27. The number of nitrogen functional groups attached to an aromatic ring is 1. The number of nitrogens with two attached hydrogens (primary N) is 1. The van der Waals surface area contributed by atoms with E-state index in [9.17, 15) is 0 Å². The highest BCUT2D eigenvalue weighted by molar-refractivity contribution is 7.14. The molecule has 0 unspecified atom stereocenters. The van der Waals surface area contributed by atoms with Crippen LogP contribution in [0.15, 0.2) is 11.7 Å². The van der Waals surface area contributed by atoms with Gasteiger partial charge >= 0.3 is 0 Å². The minimum atomic E-state index is 0.594. The van der Waals surface area contributed by atoms with Gasteiger partial charge in [0.05, 0.1) is 10.6 Å². The molecular weight excluding hydrogens is 208 g/mol. The van der Waals surface area contributed by atoms with Gasteiger partial charge in [-0.25, -0.2) is 0 Å². The van der Waals surface area contributed by atoms with Crippen LogP contribution in [0, 0.1) is 6.92 Å². The summed E-state index contributed by atoms with van der Waals surface area (Å²) in [5.74, 6) is 0.924. The molecule has 0 atom stereocenters. The molecule has 2 N–H and O–H groups in total. The fourth-order valence-corrected chi connectivity index (χ4v) is 2.61. The average molecular weight is 220 g/mol. The summed E-state index contributed by atoms with van der Waals surface area (Å²) in [4.78, 5) is 1.05. The first-order chi connectivity index (χ1) is 7.27. The normalized spacial score (nSPS) is 15.8. The Morgan fingerprint density at radius 1 is 1.53 bits per heavy atom. The zero-order chi connectivity index (χ0) is 10.4. The van der Waals surface area contributed by atoms with E-state index < -0.39 is 0 Å². The molecule has 3 rings (SSSR count). The van der Waals surface area contributed by atoms with Crippen molar-refractivity contribution in [2.45, 2.75) is 25.8 Å². The zero-order valence-corrected chi connectivity index (χ0v) is 9.29. The first kappa shape index (κ1) is 8.91. The van der Waals surface area contributed by atoms with Crippen LogP contribution in [-0.4, -0.2) is 14.8 Å². The summed E-state index contributed by atoms with van der Waals surface area (Å²) in [5, 5.41) is 10.2. The molecule has 4 nitrogen and oxygen atoms in total. The third-order valence-electron chi connectivity index (χ3n) is 2.74. The first-order valence-electron chi connectivity index (χ1n) is 5.01. The lowest BCUT2D eigenvalue weighted by Gasteiger charge is -2.03. The van der Waals surface area contributed by atoms with E-state index in [2.05, 4.69) is 20.1 Å². The van der Waals surface area contributed by atoms with E-state index in [1.807, 2.05) is 13.3 Å². The Labute approximate surface area is 91.7 Å². The Kier molecular flexibility index (Phi) is 1.82. The smallest absolute Gasteiger partial charge is 0.176 e. The summed E-state index contributed by atoms with van der Waals surface area (Å²) in [6, 6.07) is 0.594. The molecular formula is C10H12N4S. The van der Waals surface area contributed by atoms with E-state index in [0.717, 1.165) is 22.0 Å². The molecule has 5 heteroatoms. The topological polar surface area (TPSA) is 56.7 Å². The van der Waals surface area contributed by atoms with Gasteiger partial charge < -0.3 is 10.3 Å². The van der Waals surface area contributed by atoms with E-state index >= 15 is 0 Å². The van der Waals surface area contributed by atoms with Gasteiger partial charge in [-0.2, -0.15) is 0 Å². The highest BCUT2D eigenvalue weighted by atomic mass is 32.1. The number of hydrogen-bond donors (Lipinski definition) is 1. The lowest BCUT2D eigenvalue weighted by Crippen LogP contribution is -1.97. The van der Waals surface area contributed by atoms with Crippen LogP contribution in [0.3, 0.4) is 0 Å². The maximum absolute atomic E-state index is 6.01. The van der Waals surface area contributed by atoms with Crippen molar-refractivity contribution in [1.82, 2.24) is 14.8 Å². The van der Waals surface area contributed by atoms with E-state index in [4.69, 9.17) is 5.73 Å². The van der Waals surface area contributed by atoms with Crippen LogP contribution >= 0.6 is 11.3 Å². The first-order valence-corrected chi connectivity index (χ1v) is 5.89. The molecule has 78 valence electrons. The van der Waals surface area contributed by atoms with Crippen LogP contribution in [0.2, 0.25) is 0 Å². The van der Waals surface area contributed by atoms with Crippen LogP contribution in [-0.2, 0) is 0 Å². The minimum Gasteiger partial charge on any atom is -0.397 e. The van der Waals surface area contributed by atoms with Crippen LogP contribution in [0.25, 0.3) is 10.7 Å². The van der Waals surface area contributed by atoms with Crippen molar-refractivity contribution in [3.63, 3.8) is 0 Å². The molecule has 0 bridgehead atoms. The molecule has 0 saturated heterocycles. The monoisotopic (exact) mass is 220 g/mol. The molecule has 0 amide bonds. The predicted octanol–water partition coefficient (Wildman–Crippen LogP) is 2.23. The largest absolute Gasteiger partial charge is 0.397 e. The highest BCUT2D eigenvalue weighted by Crippen LogP contribution is 2.40. The van der Waals surface area contributed by atoms with Gasteiger partial charge in [-0.3, -0.25) is 0 Å². The van der Waals surface area contributed by atoms with Crippen LogP contribution in [0.4, 0.5) is 5.69 Å². The Bertz CT molecular complexity index is 495. The van der Waals surface area contributed by atoms with Gasteiger partial charge in [0.25, 0.3) is 0 Å². The average Bonchev–Trinajstić information content (AvgIpc) is 2.88. The highest BCUT2D eigenvalue weighted by Gasteiger charge is 2.27. The quantitative estimate of drug-likeness (QED) is 0.844. The Hall–Kier alpha value is -1.36. The minimum absolute atomic E-state index is 0.594. The molecule has 15 heavy (non-hydrogen) atoms. The van der Waals surface area contributed by atoms with Crippen LogP contribution < -0.4 is 5.73 Å². The predicted molar refractivity (Wildman–Crippen MR) is 60.8 cm³/mol. The number of aromatic nitrogens is 3. The number of rotatable bonds is 2. The second-order valence-corrected chi connectivity index (χ2v) is 4.83. The van der Waals surface area contributed by atoms with Crippen molar-refractivity contribution in [2.75, 3.05) is 5.73 Å². The Morgan fingerprint density at radius 3 is 2.93 bits per heavy atom. The van der Waals surface area contributed by atoms with Gasteiger partial charge in [0, 0.05) is 6.04 Å². The molecule has 1 fully saturated rings.